The van der Waals surface area contributed by atoms with Gasteiger partial charge in [0, 0.05) is 13.1 Å². The van der Waals surface area contributed by atoms with Crippen molar-refractivity contribution in [2.75, 3.05) is 6.54 Å². The van der Waals surface area contributed by atoms with Crippen LogP contribution in [0.15, 0.2) is 65.8 Å². The Kier molecular flexibility index (Phi) is 6.01. The van der Waals surface area contributed by atoms with Crippen LogP contribution in [-0.4, -0.2) is 42.8 Å². The van der Waals surface area contributed by atoms with Crippen molar-refractivity contribution in [3.05, 3.63) is 66.2 Å². The summed E-state index contributed by atoms with van der Waals surface area (Å²) in [6.07, 6.45) is 0. The van der Waals surface area contributed by atoms with E-state index in [0.717, 1.165) is 11.3 Å². The van der Waals surface area contributed by atoms with Gasteiger partial charge in [0.15, 0.2) is 0 Å². The molecule has 0 fully saturated rings. The molecule has 0 spiro atoms. The van der Waals surface area contributed by atoms with Crippen LogP contribution < -0.4 is 0 Å². The summed E-state index contributed by atoms with van der Waals surface area (Å²) in [6.45, 7) is 5.14. The van der Waals surface area contributed by atoms with Crippen molar-refractivity contribution < 1.29 is 4.79 Å². The molecule has 0 aliphatic rings. The van der Waals surface area contributed by atoms with Gasteiger partial charge in [-0.15, -0.1) is 5.10 Å². The monoisotopic (exact) mass is 367 g/mol. The number of hydrogen-bond donors (Lipinski definition) is 0. The molecule has 0 saturated carbocycles. The predicted molar refractivity (Wildman–Crippen MR) is 102 cm³/mol. The largest absolute Gasteiger partial charge is 0.338 e. The molecule has 0 aliphatic carbocycles. The van der Waals surface area contributed by atoms with E-state index < -0.39 is 0 Å². The zero-order valence-corrected chi connectivity index (χ0v) is 15.6. The number of aromatic nitrogens is 4. The van der Waals surface area contributed by atoms with Gasteiger partial charge < -0.3 is 4.90 Å². The van der Waals surface area contributed by atoms with E-state index in [-0.39, 0.29) is 11.2 Å². The molecule has 134 valence electrons. The molecule has 0 bridgehead atoms. The first-order valence-electron chi connectivity index (χ1n) is 8.52. The summed E-state index contributed by atoms with van der Waals surface area (Å²) in [5.41, 5.74) is 1.99. The Morgan fingerprint density at radius 1 is 1.12 bits per heavy atom. The Labute approximate surface area is 157 Å². The standard InChI is InChI=1S/C19H21N5OS/c1-3-23(14-16-10-6-4-7-11-16)18(25)15(2)26-19-20-21-22-24(19)17-12-8-5-9-13-17/h4-13,15H,3,14H2,1-2H3. The second-order valence-corrected chi connectivity index (χ2v) is 7.11. The molecule has 1 aromatic heterocycles. The van der Waals surface area contributed by atoms with Gasteiger partial charge in [0.05, 0.1) is 10.9 Å². The van der Waals surface area contributed by atoms with Crippen molar-refractivity contribution in [3.63, 3.8) is 0 Å². The first-order chi connectivity index (χ1) is 12.7. The average Bonchev–Trinajstić information content (AvgIpc) is 3.15. The van der Waals surface area contributed by atoms with Crippen LogP contribution in [0.1, 0.15) is 19.4 Å². The highest BCUT2D eigenvalue weighted by molar-refractivity contribution is 8.00. The molecule has 3 aromatic rings. The van der Waals surface area contributed by atoms with Crippen molar-refractivity contribution in [2.45, 2.75) is 30.8 Å². The summed E-state index contributed by atoms with van der Waals surface area (Å²) in [5.74, 6) is 0.0731. The van der Waals surface area contributed by atoms with Gasteiger partial charge in [0.25, 0.3) is 0 Å². The number of carbonyl (C=O) groups is 1. The van der Waals surface area contributed by atoms with Crippen LogP contribution in [-0.2, 0) is 11.3 Å². The molecule has 6 nitrogen and oxygen atoms in total. The smallest absolute Gasteiger partial charge is 0.236 e. The normalized spacial score (nSPS) is 11.9. The van der Waals surface area contributed by atoms with E-state index in [1.54, 1.807) is 4.68 Å². The molecular formula is C19H21N5OS. The second-order valence-electron chi connectivity index (χ2n) is 5.81. The number of hydrogen-bond acceptors (Lipinski definition) is 5. The lowest BCUT2D eigenvalue weighted by atomic mass is 10.2. The lowest BCUT2D eigenvalue weighted by Crippen LogP contribution is -2.36. The third-order valence-corrected chi connectivity index (χ3v) is 5.00. The molecule has 1 atom stereocenters. The fraction of sp³-hybridized carbons (Fsp3) is 0.263. The van der Waals surface area contributed by atoms with Gasteiger partial charge in [-0.1, -0.05) is 60.3 Å². The summed E-state index contributed by atoms with van der Waals surface area (Å²) >= 11 is 1.37. The first kappa shape index (κ1) is 18.1. The number of rotatable bonds is 7. The summed E-state index contributed by atoms with van der Waals surface area (Å²) in [7, 11) is 0. The predicted octanol–water partition coefficient (Wildman–Crippen LogP) is 3.19. The fourth-order valence-corrected chi connectivity index (χ4v) is 3.49. The molecule has 1 amide bonds. The Morgan fingerprint density at radius 3 is 2.42 bits per heavy atom. The van der Waals surface area contributed by atoms with E-state index >= 15 is 0 Å². The summed E-state index contributed by atoms with van der Waals surface area (Å²) in [6, 6.07) is 19.7. The minimum absolute atomic E-state index is 0.0731. The van der Waals surface area contributed by atoms with Gasteiger partial charge in [0.1, 0.15) is 0 Å². The maximum Gasteiger partial charge on any atom is 0.236 e. The molecule has 26 heavy (non-hydrogen) atoms. The van der Waals surface area contributed by atoms with Crippen LogP contribution in [0.3, 0.4) is 0 Å². The Hall–Kier alpha value is -2.67. The van der Waals surface area contributed by atoms with E-state index in [9.17, 15) is 4.79 Å². The molecular weight excluding hydrogens is 346 g/mol. The van der Waals surface area contributed by atoms with Gasteiger partial charge in [-0.2, -0.15) is 4.68 Å². The van der Waals surface area contributed by atoms with Crippen molar-refractivity contribution in [2.24, 2.45) is 0 Å². The molecule has 0 N–H and O–H groups in total. The lowest BCUT2D eigenvalue weighted by molar-refractivity contribution is -0.130. The maximum atomic E-state index is 12.9. The number of nitrogens with zero attached hydrogens (tertiary/aromatic N) is 5. The molecule has 3 rings (SSSR count). The number of tetrazole rings is 1. The molecule has 7 heteroatoms. The quantitative estimate of drug-likeness (QED) is 0.600. The Morgan fingerprint density at radius 2 is 1.77 bits per heavy atom. The number of amides is 1. The third kappa shape index (κ3) is 4.29. The van der Waals surface area contributed by atoms with E-state index in [1.807, 2.05) is 79.4 Å². The fourth-order valence-electron chi connectivity index (χ4n) is 2.60. The summed E-state index contributed by atoms with van der Waals surface area (Å²) < 4.78 is 1.65. The number of para-hydroxylation sites is 1. The summed E-state index contributed by atoms with van der Waals surface area (Å²) in [4.78, 5) is 14.7. The van der Waals surface area contributed by atoms with Crippen molar-refractivity contribution >= 4 is 17.7 Å². The van der Waals surface area contributed by atoms with E-state index in [1.165, 1.54) is 11.8 Å². The van der Waals surface area contributed by atoms with Crippen LogP contribution >= 0.6 is 11.8 Å². The van der Waals surface area contributed by atoms with Gasteiger partial charge in [-0.05, 0) is 42.0 Å². The molecule has 1 unspecified atom stereocenters. The van der Waals surface area contributed by atoms with Crippen LogP contribution in [0, 0.1) is 0 Å². The molecule has 0 saturated heterocycles. The topological polar surface area (TPSA) is 63.9 Å². The van der Waals surface area contributed by atoms with E-state index in [0.29, 0.717) is 18.2 Å². The number of thioether (sulfide) groups is 1. The van der Waals surface area contributed by atoms with E-state index in [2.05, 4.69) is 15.5 Å². The van der Waals surface area contributed by atoms with Crippen LogP contribution in [0.25, 0.3) is 5.69 Å². The van der Waals surface area contributed by atoms with Gasteiger partial charge >= 0.3 is 0 Å². The van der Waals surface area contributed by atoms with Crippen molar-refractivity contribution in [1.82, 2.24) is 25.1 Å². The minimum atomic E-state index is -0.285. The highest BCUT2D eigenvalue weighted by Gasteiger charge is 2.23. The molecule has 2 aromatic carbocycles. The lowest BCUT2D eigenvalue weighted by Gasteiger charge is -2.24. The minimum Gasteiger partial charge on any atom is -0.338 e. The van der Waals surface area contributed by atoms with Gasteiger partial charge in [-0.25, -0.2) is 0 Å². The number of carbonyl (C=O) groups excluding carboxylic acids is 1. The summed E-state index contributed by atoms with van der Waals surface area (Å²) in [5, 5.41) is 12.2. The molecule has 0 radical (unpaired) electrons. The highest BCUT2D eigenvalue weighted by Crippen LogP contribution is 2.24. The third-order valence-electron chi connectivity index (χ3n) is 3.98. The maximum absolute atomic E-state index is 12.9. The molecule has 0 aliphatic heterocycles. The van der Waals surface area contributed by atoms with Gasteiger partial charge in [-0.3, -0.25) is 4.79 Å². The van der Waals surface area contributed by atoms with Crippen LogP contribution in [0.5, 0.6) is 0 Å². The van der Waals surface area contributed by atoms with E-state index in [4.69, 9.17) is 0 Å². The molecule has 1 heterocycles. The number of benzene rings is 2. The average molecular weight is 367 g/mol. The van der Waals surface area contributed by atoms with Crippen molar-refractivity contribution in [3.8, 4) is 5.69 Å². The van der Waals surface area contributed by atoms with Crippen LogP contribution in [0.2, 0.25) is 0 Å². The Bertz CT molecular complexity index is 837. The zero-order valence-electron chi connectivity index (χ0n) is 14.8. The first-order valence-corrected chi connectivity index (χ1v) is 9.40. The van der Waals surface area contributed by atoms with Crippen molar-refractivity contribution in [1.29, 1.82) is 0 Å². The Balaban J connectivity index is 1.70. The highest BCUT2D eigenvalue weighted by atomic mass is 32.2. The zero-order chi connectivity index (χ0) is 18.4. The second kappa shape index (κ2) is 8.62. The van der Waals surface area contributed by atoms with Gasteiger partial charge in [0.2, 0.25) is 11.1 Å². The SMILES string of the molecule is CCN(Cc1ccccc1)C(=O)C(C)Sc1nnnn1-c1ccccc1. The van der Waals surface area contributed by atoms with Crippen LogP contribution in [0.4, 0.5) is 0 Å².